The Kier molecular flexibility index (Phi) is 4.82. The maximum Gasteiger partial charge on any atom is 0.261 e. The number of hydrogen-bond donors (Lipinski definition) is 1. The van der Waals surface area contributed by atoms with Gasteiger partial charge in [0.15, 0.2) is 0 Å². The Morgan fingerprint density at radius 1 is 1.19 bits per heavy atom. The van der Waals surface area contributed by atoms with Gasteiger partial charge in [0.1, 0.15) is 22.9 Å². The lowest BCUT2D eigenvalue weighted by Gasteiger charge is -2.19. The van der Waals surface area contributed by atoms with E-state index in [0.29, 0.717) is 18.7 Å². The van der Waals surface area contributed by atoms with E-state index in [-0.39, 0.29) is 17.2 Å². The average molecular weight is 382 g/mol. The van der Waals surface area contributed by atoms with Gasteiger partial charge >= 0.3 is 0 Å². The molecule has 2 aromatic carbocycles. The molecular formula is C17H16F2N2O4S. The number of nitrogens with zero attached hydrogens (tertiary/aromatic N) is 1. The normalized spacial score (nSPS) is 15.7. The first kappa shape index (κ1) is 18.1. The molecule has 2 aromatic rings. The van der Waals surface area contributed by atoms with Gasteiger partial charge in [0.2, 0.25) is 10.0 Å². The smallest absolute Gasteiger partial charge is 0.261 e. The fourth-order valence-corrected chi connectivity index (χ4v) is 4.33. The van der Waals surface area contributed by atoms with Gasteiger partial charge in [0, 0.05) is 6.54 Å². The van der Waals surface area contributed by atoms with Crippen molar-refractivity contribution >= 4 is 27.3 Å². The van der Waals surface area contributed by atoms with Crippen LogP contribution in [0.5, 0.6) is 5.75 Å². The zero-order valence-electron chi connectivity index (χ0n) is 13.8. The molecule has 0 saturated carbocycles. The highest BCUT2D eigenvalue weighted by Crippen LogP contribution is 2.33. The number of hydrogen-bond acceptors (Lipinski definition) is 4. The third kappa shape index (κ3) is 3.34. The van der Waals surface area contributed by atoms with E-state index in [0.717, 1.165) is 18.2 Å². The molecule has 0 atom stereocenters. The fourth-order valence-electron chi connectivity index (χ4n) is 2.78. The predicted molar refractivity (Wildman–Crippen MR) is 93.1 cm³/mol. The molecule has 1 fully saturated rings. The highest BCUT2D eigenvalue weighted by molar-refractivity contribution is 7.93. The lowest BCUT2D eigenvalue weighted by molar-refractivity contribution is 0.101. The second-order valence-electron chi connectivity index (χ2n) is 5.68. The van der Waals surface area contributed by atoms with Gasteiger partial charge in [-0.3, -0.25) is 9.10 Å². The van der Waals surface area contributed by atoms with E-state index in [1.165, 1.54) is 23.5 Å². The van der Waals surface area contributed by atoms with Gasteiger partial charge in [0.05, 0.1) is 24.2 Å². The predicted octanol–water partition coefficient (Wildman–Crippen LogP) is 2.77. The van der Waals surface area contributed by atoms with Crippen molar-refractivity contribution in [3.8, 4) is 5.75 Å². The molecule has 138 valence electrons. The van der Waals surface area contributed by atoms with Gasteiger partial charge in [-0.05, 0) is 36.8 Å². The minimum Gasteiger partial charge on any atom is -0.495 e. The molecule has 1 aliphatic rings. The number of carbonyl (C=O) groups excluding carboxylic acids is 1. The highest BCUT2D eigenvalue weighted by atomic mass is 32.2. The quantitative estimate of drug-likeness (QED) is 0.882. The van der Waals surface area contributed by atoms with Crippen LogP contribution in [-0.4, -0.2) is 33.7 Å². The van der Waals surface area contributed by atoms with Gasteiger partial charge in [-0.2, -0.15) is 0 Å². The van der Waals surface area contributed by atoms with Gasteiger partial charge in [-0.1, -0.05) is 6.07 Å². The Bertz CT molecular complexity index is 943. The van der Waals surface area contributed by atoms with Crippen LogP contribution in [0.3, 0.4) is 0 Å². The molecule has 26 heavy (non-hydrogen) atoms. The number of carbonyl (C=O) groups is 1. The number of sulfonamides is 1. The van der Waals surface area contributed by atoms with Crippen molar-refractivity contribution in [2.24, 2.45) is 0 Å². The monoisotopic (exact) mass is 382 g/mol. The number of nitrogens with one attached hydrogen (secondary N) is 1. The molecule has 0 spiro atoms. The molecule has 0 radical (unpaired) electrons. The van der Waals surface area contributed by atoms with Crippen LogP contribution in [0.2, 0.25) is 0 Å². The number of anilines is 2. The van der Waals surface area contributed by atoms with Gasteiger partial charge in [0.25, 0.3) is 5.91 Å². The molecule has 0 aliphatic carbocycles. The first-order chi connectivity index (χ1) is 12.3. The molecule has 1 amide bonds. The van der Waals surface area contributed by atoms with E-state index >= 15 is 0 Å². The average Bonchev–Trinajstić information content (AvgIpc) is 2.94. The minimum atomic E-state index is -3.41. The minimum absolute atomic E-state index is 0.0428. The molecule has 6 nitrogen and oxygen atoms in total. The van der Waals surface area contributed by atoms with E-state index < -0.39 is 33.1 Å². The molecular weight excluding hydrogens is 366 g/mol. The lowest BCUT2D eigenvalue weighted by Crippen LogP contribution is -2.25. The number of ether oxygens (including phenoxy) is 1. The van der Waals surface area contributed by atoms with Crippen LogP contribution in [0, 0.1) is 11.6 Å². The summed E-state index contributed by atoms with van der Waals surface area (Å²) >= 11 is 0. The van der Waals surface area contributed by atoms with E-state index in [4.69, 9.17) is 4.74 Å². The van der Waals surface area contributed by atoms with Crippen molar-refractivity contribution < 1.29 is 26.7 Å². The summed E-state index contributed by atoms with van der Waals surface area (Å²) in [6, 6.07) is 7.53. The summed E-state index contributed by atoms with van der Waals surface area (Å²) in [5.41, 5.74) is -0.277. The summed E-state index contributed by atoms with van der Waals surface area (Å²) in [5.74, 6) is -2.73. The maximum absolute atomic E-state index is 13.8. The summed E-state index contributed by atoms with van der Waals surface area (Å²) in [6.07, 6.45) is 0.497. The maximum atomic E-state index is 13.8. The number of benzene rings is 2. The highest BCUT2D eigenvalue weighted by Gasteiger charge is 2.29. The molecule has 3 rings (SSSR count). The second-order valence-corrected chi connectivity index (χ2v) is 7.69. The SMILES string of the molecule is COc1ccc(N2CCCS2(=O)=O)cc1NC(=O)c1c(F)cccc1F. The van der Waals surface area contributed by atoms with E-state index in [2.05, 4.69) is 5.32 Å². The lowest BCUT2D eigenvalue weighted by atomic mass is 10.1. The van der Waals surface area contributed by atoms with E-state index in [1.54, 1.807) is 6.07 Å². The first-order valence-electron chi connectivity index (χ1n) is 7.77. The standard InChI is InChI=1S/C17H16F2N2O4S/c1-25-15-7-6-11(21-8-3-9-26(21,23)24)10-14(15)20-17(22)16-12(18)4-2-5-13(16)19/h2,4-7,10H,3,8-9H2,1H3,(H,20,22). The molecule has 0 unspecified atom stereocenters. The van der Waals surface area contributed by atoms with Crippen LogP contribution in [0.4, 0.5) is 20.2 Å². The molecule has 1 N–H and O–H groups in total. The van der Waals surface area contributed by atoms with Crippen LogP contribution in [0.1, 0.15) is 16.8 Å². The third-order valence-corrected chi connectivity index (χ3v) is 5.88. The summed E-state index contributed by atoms with van der Waals surface area (Å²) in [6.45, 7) is 0.323. The van der Waals surface area contributed by atoms with Crippen LogP contribution >= 0.6 is 0 Å². The van der Waals surface area contributed by atoms with Crippen LogP contribution in [0.15, 0.2) is 36.4 Å². The Morgan fingerprint density at radius 2 is 1.88 bits per heavy atom. The number of halogens is 2. The van der Waals surface area contributed by atoms with Crippen LogP contribution in [0.25, 0.3) is 0 Å². The molecule has 1 aliphatic heterocycles. The summed E-state index contributed by atoms with van der Waals surface area (Å²) in [4.78, 5) is 12.3. The number of rotatable bonds is 4. The largest absolute Gasteiger partial charge is 0.495 e. The Balaban J connectivity index is 1.96. The fraction of sp³-hybridized carbons (Fsp3) is 0.235. The topological polar surface area (TPSA) is 75.7 Å². The van der Waals surface area contributed by atoms with Crippen molar-refractivity contribution in [3.05, 3.63) is 53.6 Å². The summed E-state index contributed by atoms with van der Waals surface area (Å²) in [7, 11) is -2.05. The van der Waals surface area contributed by atoms with Crippen molar-refractivity contribution in [2.45, 2.75) is 6.42 Å². The number of amides is 1. The van der Waals surface area contributed by atoms with Crippen LogP contribution < -0.4 is 14.4 Å². The van der Waals surface area contributed by atoms with Crippen LogP contribution in [-0.2, 0) is 10.0 Å². The molecule has 9 heteroatoms. The second kappa shape index (κ2) is 6.91. The van der Waals surface area contributed by atoms with Gasteiger partial charge < -0.3 is 10.1 Å². The molecule has 1 saturated heterocycles. The van der Waals surface area contributed by atoms with Crippen molar-refractivity contribution in [1.29, 1.82) is 0 Å². The molecule has 1 heterocycles. The van der Waals surface area contributed by atoms with Gasteiger partial charge in [-0.25, -0.2) is 17.2 Å². The van der Waals surface area contributed by atoms with Gasteiger partial charge in [-0.15, -0.1) is 0 Å². The summed E-state index contributed by atoms with van der Waals surface area (Å²) in [5, 5.41) is 2.39. The Labute approximate surface area is 149 Å². The van der Waals surface area contributed by atoms with E-state index in [1.807, 2.05) is 0 Å². The zero-order chi connectivity index (χ0) is 18.9. The molecule has 0 aromatic heterocycles. The third-order valence-electron chi connectivity index (χ3n) is 4.01. The Morgan fingerprint density at radius 3 is 2.46 bits per heavy atom. The first-order valence-corrected chi connectivity index (χ1v) is 9.38. The Hall–Kier alpha value is -2.68. The van der Waals surface area contributed by atoms with Crippen molar-refractivity contribution in [3.63, 3.8) is 0 Å². The number of methoxy groups -OCH3 is 1. The van der Waals surface area contributed by atoms with Crippen molar-refractivity contribution in [1.82, 2.24) is 0 Å². The van der Waals surface area contributed by atoms with E-state index in [9.17, 15) is 22.0 Å². The zero-order valence-corrected chi connectivity index (χ0v) is 14.6. The summed E-state index contributed by atoms with van der Waals surface area (Å²) < 4.78 is 58.1. The molecule has 0 bridgehead atoms. The van der Waals surface area contributed by atoms with Crippen molar-refractivity contribution in [2.75, 3.05) is 29.0 Å².